The topological polar surface area (TPSA) is 121 Å². The lowest BCUT2D eigenvalue weighted by molar-refractivity contribution is -0.173. The van der Waals surface area contributed by atoms with E-state index in [9.17, 15) is 29.5 Å². The molecule has 1 fully saturated rings. The number of allylic oxidation sites excluding steroid dienone is 6. The SMILES string of the molecule is COc1cccc(O)c1[C@H]1C2=CC[C@@H]3C(=O)N(O)C(=O)[C@@H]3[C@@H]2CC2=C1C(=O)C=C(Br)C2=O. The molecular weight excluding hydrogens is 482 g/mol. The maximum atomic E-state index is 13.1. The number of phenols is 1. The quantitative estimate of drug-likeness (QED) is 0.277. The molecule has 0 bridgehead atoms. The number of hydroxylamine groups is 2. The van der Waals surface area contributed by atoms with Gasteiger partial charge in [0, 0.05) is 28.7 Å². The molecule has 0 unspecified atom stereocenters. The Morgan fingerprint density at radius 1 is 1.12 bits per heavy atom. The molecule has 1 aliphatic heterocycles. The van der Waals surface area contributed by atoms with Gasteiger partial charge in [0.2, 0.25) is 0 Å². The molecule has 9 heteroatoms. The number of halogens is 1. The van der Waals surface area contributed by atoms with Crippen LogP contribution in [0.25, 0.3) is 0 Å². The van der Waals surface area contributed by atoms with E-state index in [1.165, 1.54) is 19.3 Å². The predicted molar refractivity (Wildman–Crippen MR) is 113 cm³/mol. The first kappa shape index (κ1) is 20.8. The number of rotatable bonds is 2. The number of carbonyl (C=O) groups excluding carboxylic acids is 4. The average molecular weight is 500 g/mol. The minimum Gasteiger partial charge on any atom is -0.507 e. The van der Waals surface area contributed by atoms with Gasteiger partial charge >= 0.3 is 0 Å². The van der Waals surface area contributed by atoms with Crippen LogP contribution in [0.15, 0.2) is 51.6 Å². The number of ketones is 2. The second-order valence-electron chi connectivity index (χ2n) is 8.27. The number of Topliss-reactive ketones (excluding diaryl/α,β-unsaturated/α-hetero) is 1. The number of carbonyl (C=O) groups is 4. The van der Waals surface area contributed by atoms with Crippen LogP contribution in [0.2, 0.25) is 0 Å². The summed E-state index contributed by atoms with van der Waals surface area (Å²) in [5.41, 5.74) is 1.45. The van der Waals surface area contributed by atoms with Crippen LogP contribution in [-0.4, -0.2) is 45.9 Å². The molecule has 1 heterocycles. The number of hydrogen-bond acceptors (Lipinski definition) is 7. The van der Waals surface area contributed by atoms with E-state index >= 15 is 0 Å². The van der Waals surface area contributed by atoms with E-state index in [0.717, 1.165) is 0 Å². The Hall–Kier alpha value is -3.04. The summed E-state index contributed by atoms with van der Waals surface area (Å²) >= 11 is 3.15. The van der Waals surface area contributed by atoms with Crippen molar-refractivity contribution in [1.29, 1.82) is 0 Å². The highest BCUT2D eigenvalue weighted by atomic mass is 79.9. The fourth-order valence-corrected chi connectivity index (χ4v) is 5.97. The number of nitrogens with zero attached hydrogens (tertiary/aromatic N) is 1. The summed E-state index contributed by atoms with van der Waals surface area (Å²) in [7, 11) is 1.44. The highest BCUT2D eigenvalue weighted by molar-refractivity contribution is 9.12. The molecular formula is C23H18BrNO7. The number of amides is 2. The Bertz CT molecular complexity index is 1210. The third kappa shape index (κ3) is 2.70. The van der Waals surface area contributed by atoms with Crippen LogP contribution in [0.1, 0.15) is 24.3 Å². The highest BCUT2D eigenvalue weighted by Gasteiger charge is 2.56. The lowest BCUT2D eigenvalue weighted by Crippen LogP contribution is -2.39. The summed E-state index contributed by atoms with van der Waals surface area (Å²) in [5, 5.41) is 20.9. The van der Waals surface area contributed by atoms with Crippen LogP contribution >= 0.6 is 15.9 Å². The standard InChI is InChI=1S/C23H18BrNO7/c1-32-16-4-2-3-14(26)20(16)19-9-5-6-10-17(23(30)25(31)22(10)29)11(9)7-12-18(19)15(27)8-13(24)21(12)28/h2-5,8,10-11,17,19,26,31H,6-7H2,1H3/t10-,11+,17-,19-/m0/s1. The van der Waals surface area contributed by atoms with Crippen molar-refractivity contribution < 1.29 is 34.2 Å². The molecule has 1 saturated heterocycles. The fourth-order valence-electron chi connectivity index (χ4n) is 5.52. The number of aromatic hydroxyl groups is 1. The van der Waals surface area contributed by atoms with Crippen LogP contribution in [0.3, 0.4) is 0 Å². The molecule has 3 aliphatic carbocycles. The number of phenolic OH excluding ortho intramolecular Hbond substituents is 1. The molecule has 4 atom stereocenters. The lowest BCUT2D eigenvalue weighted by Gasteiger charge is -2.42. The van der Waals surface area contributed by atoms with Gasteiger partial charge in [-0.15, -0.1) is 0 Å². The van der Waals surface area contributed by atoms with E-state index in [1.807, 2.05) is 0 Å². The lowest BCUT2D eigenvalue weighted by atomic mass is 9.59. The van der Waals surface area contributed by atoms with Gasteiger partial charge in [0.05, 0.1) is 23.4 Å². The van der Waals surface area contributed by atoms with Crippen molar-refractivity contribution in [1.82, 2.24) is 5.06 Å². The number of ether oxygens (including phenoxy) is 1. The molecule has 1 aromatic carbocycles. The predicted octanol–water partition coefficient (Wildman–Crippen LogP) is 2.55. The van der Waals surface area contributed by atoms with Gasteiger partial charge in [0.15, 0.2) is 11.6 Å². The largest absolute Gasteiger partial charge is 0.507 e. The Kier molecular flexibility index (Phi) is 4.72. The zero-order valence-electron chi connectivity index (χ0n) is 16.9. The second-order valence-corrected chi connectivity index (χ2v) is 9.13. The maximum absolute atomic E-state index is 13.1. The summed E-state index contributed by atoms with van der Waals surface area (Å²) in [6, 6.07) is 4.71. The number of imide groups is 1. The number of hydrogen-bond donors (Lipinski definition) is 2. The van der Waals surface area contributed by atoms with Gasteiger partial charge in [-0.25, -0.2) is 0 Å². The third-order valence-electron chi connectivity index (χ3n) is 6.86. The Morgan fingerprint density at radius 2 is 1.88 bits per heavy atom. The highest BCUT2D eigenvalue weighted by Crippen LogP contribution is 2.57. The molecule has 5 rings (SSSR count). The zero-order valence-corrected chi connectivity index (χ0v) is 18.5. The van der Waals surface area contributed by atoms with E-state index in [1.54, 1.807) is 18.2 Å². The summed E-state index contributed by atoms with van der Waals surface area (Å²) in [5.74, 6) is -4.93. The molecule has 164 valence electrons. The Morgan fingerprint density at radius 3 is 2.59 bits per heavy atom. The molecule has 4 aliphatic rings. The van der Waals surface area contributed by atoms with Crippen LogP contribution < -0.4 is 4.74 Å². The first-order valence-corrected chi connectivity index (χ1v) is 10.9. The molecule has 1 aromatic rings. The molecule has 2 N–H and O–H groups in total. The monoisotopic (exact) mass is 499 g/mol. The Labute approximate surface area is 190 Å². The second kappa shape index (κ2) is 7.25. The average Bonchev–Trinajstić information content (AvgIpc) is 3.00. The van der Waals surface area contributed by atoms with Gasteiger partial charge in [-0.3, -0.25) is 24.4 Å². The molecule has 32 heavy (non-hydrogen) atoms. The van der Waals surface area contributed by atoms with E-state index in [-0.39, 0.29) is 50.8 Å². The number of fused-ring (bicyclic) bond motifs is 3. The number of methoxy groups -OCH3 is 1. The molecule has 0 aromatic heterocycles. The Balaban J connectivity index is 1.77. The van der Waals surface area contributed by atoms with Crippen molar-refractivity contribution in [2.45, 2.75) is 18.8 Å². The first-order chi connectivity index (χ1) is 15.3. The van der Waals surface area contributed by atoms with E-state index in [0.29, 0.717) is 16.9 Å². The van der Waals surface area contributed by atoms with Crippen LogP contribution in [-0.2, 0) is 19.2 Å². The van der Waals surface area contributed by atoms with Gasteiger partial charge in [0.1, 0.15) is 11.5 Å². The summed E-state index contributed by atoms with van der Waals surface area (Å²) in [4.78, 5) is 51.3. The van der Waals surface area contributed by atoms with Crippen molar-refractivity contribution in [2.24, 2.45) is 17.8 Å². The molecule has 0 saturated carbocycles. The zero-order chi connectivity index (χ0) is 22.9. The van der Waals surface area contributed by atoms with Gasteiger partial charge < -0.3 is 9.84 Å². The molecule has 0 spiro atoms. The summed E-state index contributed by atoms with van der Waals surface area (Å²) < 4.78 is 5.58. The van der Waals surface area contributed by atoms with E-state index in [2.05, 4.69) is 15.9 Å². The van der Waals surface area contributed by atoms with Gasteiger partial charge in [-0.2, -0.15) is 5.06 Å². The molecule has 0 radical (unpaired) electrons. The van der Waals surface area contributed by atoms with Crippen LogP contribution in [0.4, 0.5) is 0 Å². The number of benzene rings is 1. The summed E-state index contributed by atoms with van der Waals surface area (Å²) in [6.07, 6.45) is 3.29. The summed E-state index contributed by atoms with van der Waals surface area (Å²) in [6.45, 7) is 0. The van der Waals surface area contributed by atoms with Crippen molar-refractivity contribution >= 4 is 39.3 Å². The van der Waals surface area contributed by atoms with Gasteiger partial charge in [-0.1, -0.05) is 17.7 Å². The van der Waals surface area contributed by atoms with Gasteiger partial charge in [0.25, 0.3) is 11.8 Å². The minimum absolute atomic E-state index is 0.0785. The van der Waals surface area contributed by atoms with E-state index in [4.69, 9.17) is 4.74 Å². The fraction of sp³-hybridized carbons (Fsp3) is 0.304. The van der Waals surface area contributed by atoms with Crippen molar-refractivity contribution in [3.63, 3.8) is 0 Å². The minimum atomic E-state index is -0.853. The van der Waals surface area contributed by atoms with Crippen molar-refractivity contribution in [3.05, 3.63) is 57.1 Å². The first-order valence-electron chi connectivity index (χ1n) is 10.1. The smallest absolute Gasteiger partial charge is 0.257 e. The van der Waals surface area contributed by atoms with E-state index < -0.39 is 35.5 Å². The normalized spacial score (nSPS) is 29.4. The maximum Gasteiger partial charge on any atom is 0.257 e. The van der Waals surface area contributed by atoms with Crippen molar-refractivity contribution in [3.8, 4) is 11.5 Å². The third-order valence-corrected chi connectivity index (χ3v) is 7.45. The molecule has 2 amide bonds. The molecule has 8 nitrogen and oxygen atoms in total. The van der Waals surface area contributed by atoms with Crippen LogP contribution in [0.5, 0.6) is 11.5 Å². The van der Waals surface area contributed by atoms with Gasteiger partial charge in [-0.05, 0) is 46.8 Å². The van der Waals surface area contributed by atoms with Crippen LogP contribution in [0, 0.1) is 17.8 Å². The van der Waals surface area contributed by atoms with Crippen molar-refractivity contribution in [2.75, 3.05) is 7.11 Å².